The third-order valence-corrected chi connectivity index (χ3v) is 8.61. The topological polar surface area (TPSA) is 75.7 Å². The van der Waals surface area contributed by atoms with Gasteiger partial charge in [0.1, 0.15) is 11.4 Å². The number of benzene rings is 2. The van der Waals surface area contributed by atoms with Crippen LogP contribution in [0, 0.1) is 0 Å². The monoisotopic (exact) mass is 508 g/mol. The number of anilines is 2. The van der Waals surface area contributed by atoms with E-state index >= 15 is 0 Å². The summed E-state index contributed by atoms with van der Waals surface area (Å²) < 4.78 is 71.6. The summed E-state index contributed by atoms with van der Waals surface area (Å²) in [6, 6.07) is 8.38. The van der Waals surface area contributed by atoms with E-state index in [4.69, 9.17) is 4.74 Å². The number of carbonyl (C=O) groups excluding carboxylic acids is 1. The Morgan fingerprint density at radius 2 is 1.91 bits per heavy atom. The van der Waals surface area contributed by atoms with Crippen LogP contribution in [0.25, 0.3) is 5.57 Å². The van der Waals surface area contributed by atoms with E-state index < -0.39 is 33.3 Å². The van der Waals surface area contributed by atoms with Crippen molar-refractivity contribution < 1.29 is 31.1 Å². The van der Waals surface area contributed by atoms with Gasteiger partial charge in [-0.3, -0.25) is 9.10 Å². The molecule has 10 heteroatoms. The number of nitrogens with zero attached hydrogens (tertiary/aromatic N) is 1. The predicted octanol–water partition coefficient (Wildman–Crippen LogP) is 5.39. The summed E-state index contributed by atoms with van der Waals surface area (Å²) in [5.74, 6) is -0.400. The van der Waals surface area contributed by atoms with Gasteiger partial charge >= 0.3 is 6.18 Å². The maximum absolute atomic E-state index is 13.3. The van der Waals surface area contributed by atoms with Crippen molar-refractivity contribution in [1.29, 1.82) is 0 Å². The van der Waals surface area contributed by atoms with Gasteiger partial charge in [-0.05, 0) is 49.1 Å². The molecule has 0 radical (unpaired) electrons. The minimum atomic E-state index is -4.51. The van der Waals surface area contributed by atoms with Gasteiger partial charge in [-0.25, -0.2) is 8.42 Å². The number of ether oxygens (including phenoxy) is 1. The lowest BCUT2D eigenvalue weighted by Crippen LogP contribution is -2.38. The minimum Gasteiger partial charge on any atom is -0.486 e. The normalized spacial score (nSPS) is 19.5. The minimum absolute atomic E-state index is 0.0632. The van der Waals surface area contributed by atoms with Crippen molar-refractivity contribution in [2.45, 2.75) is 51.3 Å². The Hall–Kier alpha value is -3.01. The highest BCUT2D eigenvalue weighted by Gasteiger charge is 2.38. The summed E-state index contributed by atoms with van der Waals surface area (Å²) >= 11 is 0. The molecule has 0 spiro atoms. The molecular formula is C25H27F3N2O4S. The van der Waals surface area contributed by atoms with Crippen molar-refractivity contribution in [1.82, 2.24) is 0 Å². The van der Waals surface area contributed by atoms with Gasteiger partial charge in [0.05, 0.1) is 17.0 Å². The molecule has 2 aliphatic heterocycles. The standard InChI is InChI=1S/C25H27F3N2O4S/c1-4-24(5-2)15-16(18-10-9-17(25(26,27)28)14-22(18)34-24)13-23(31)29-20-7-6-8-21-19(20)11-12-35(32,33)30(21)3/h6-10,13-14H,4-5,11-12,15H2,1-3H3,(H,29,31)/b16-13+. The molecule has 0 saturated carbocycles. The van der Waals surface area contributed by atoms with Crippen molar-refractivity contribution in [2.24, 2.45) is 0 Å². The Morgan fingerprint density at radius 1 is 1.20 bits per heavy atom. The molecule has 2 heterocycles. The molecule has 0 bridgehead atoms. The molecule has 6 nitrogen and oxygen atoms in total. The van der Waals surface area contributed by atoms with E-state index in [0.29, 0.717) is 41.8 Å². The number of hydrogen-bond donors (Lipinski definition) is 1. The highest BCUT2D eigenvalue weighted by atomic mass is 32.2. The molecule has 1 amide bonds. The molecular weight excluding hydrogens is 481 g/mol. The molecule has 2 aliphatic rings. The van der Waals surface area contributed by atoms with E-state index in [9.17, 15) is 26.4 Å². The molecule has 1 N–H and O–H groups in total. The number of sulfonamides is 1. The van der Waals surface area contributed by atoms with Crippen LogP contribution in [0.4, 0.5) is 24.5 Å². The van der Waals surface area contributed by atoms with Crippen LogP contribution in [0.15, 0.2) is 42.5 Å². The predicted molar refractivity (Wildman–Crippen MR) is 129 cm³/mol. The number of amides is 1. The first-order valence-corrected chi connectivity index (χ1v) is 13.0. The van der Waals surface area contributed by atoms with Gasteiger partial charge in [0.25, 0.3) is 0 Å². The van der Waals surface area contributed by atoms with E-state index in [2.05, 4.69) is 5.32 Å². The van der Waals surface area contributed by atoms with Crippen LogP contribution in [-0.2, 0) is 27.4 Å². The van der Waals surface area contributed by atoms with Gasteiger partial charge in [-0.15, -0.1) is 0 Å². The van der Waals surface area contributed by atoms with Crippen LogP contribution < -0.4 is 14.4 Å². The van der Waals surface area contributed by atoms with Crippen molar-refractivity contribution in [3.63, 3.8) is 0 Å². The molecule has 0 aromatic heterocycles. The fraction of sp³-hybridized carbons (Fsp3) is 0.400. The number of fused-ring (bicyclic) bond motifs is 2. The summed E-state index contributed by atoms with van der Waals surface area (Å²) in [5, 5.41) is 2.84. The number of nitrogens with one attached hydrogen (secondary N) is 1. The number of halogens is 3. The summed E-state index contributed by atoms with van der Waals surface area (Å²) in [6.07, 6.45) is -1.35. The quantitative estimate of drug-likeness (QED) is 0.562. The van der Waals surface area contributed by atoms with Gasteiger partial charge < -0.3 is 10.1 Å². The molecule has 0 aliphatic carbocycles. The SMILES string of the molecule is CCC1(CC)C/C(=C\C(=O)Nc2cccc3c2CCS(=O)(=O)N3C)c2ccc(C(F)(F)F)cc2O1. The van der Waals surface area contributed by atoms with Crippen molar-refractivity contribution in [3.8, 4) is 5.75 Å². The lowest BCUT2D eigenvalue weighted by atomic mass is 9.83. The Kier molecular flexibility index (Phi) is 6.37. The summed E-state index contributed by atoms with van der Waals surface area (Å²) in [6.45, 7) is 3.81. The van der Waals surface area contributed by atoms with Crippen LogP contribution in [0.5, 0.6) is 5.75 Å². The maximum atomic E-state index is 13.3. The zero-order chi connectivity index (χ0) is 25.6. The summed E-state index contributed by atoms with van der Waals surface area (Å²) in [7, 11) is -1.92. The maximum Gasteiger partial charge on any atom is 0.416 e. The zero-order valence-electron chi connectivity index (χ0n) is 19.7. The van der Waals surface area contributed by atoms with Gasteiger partial charge in [0.15, 0.2) is 0 Å². The molecule has 0 atom stereocenters. The first-order chi connectivity index (χ1) is 16.4. The molecule has 4 rings (SSSR count). The third-order valence-electron chi connectivity index (χ3n) is 6.86. The first kappa shape index (κ1) is 25.1. The molecule has 0 saturated heterocycles. The smallest absolute Gasteiger partial charge is 0.416 e. The van der Waals surface area contributed by atoms with Crippen molar-refractivity contribution >= 4 is 32.9 Å². The van der Waals surface area contributed by atoms with Gasteiger partial charge in [-0.1, -0.05) is 26.0 Å². The van der Waals surface area contributed by atoms with E-state index in [1.54, 1.807) is 18.2 Å². The molecule has 0 fully saturated rings. The fourth-order valence-corrected chi connectivity index (χ4v) is 5.83. The highest BCUT2D eigenvalue weighted by molar-refractivity contribution is 7.92. The van der Waals surface area contributed by atoms with Crippen LogP contribution in [-0.4, -0.2) is 32.7 Å². The molecule has 2 aromatic rings. The largest absolute Gasteiger partial charge is 0.486 e. The Bertz CT molecular complexity index is 1300. The number of hydrogen-bond acceptors (Lipinski definition) is 4. The number of alkyl halides is 3. The van der Waals surface area contributed by atoms with Gasteiger partial charge in [-0.2, -0.15) is 13.2 Å². The second kappa shape index (κ2) is 8.89. The Morgan fingerprint density at radius 3 is 2.57 bits per heavy atom. The lowest BCUT2D eigenvalue weighted by Gasteiger charge is -2.39. The lowest BCUT2D eigenvalue weighted by molar-refractivity contribution is -0.137. The second-order valence-electron chi connectivity index (χ2n) is 8.87. The molecule has 2 aromatic carbocycles. The summed E-state index contributed by atoms with van der Waals surface area (Å²) in [5.41, 5.74) is 1.24. The van der Waals surface area contributed by atoms with E-state index in [0.717, 1.165) is 17.7 Å². The highest BCUT2D eigenvalue weighted by Crippen LogP contribution is 2.45. The van der Waals surface area contributed by atoms with Crippen molar-refractivity contribution in [3.05, 3.63) is 59.2 Å². The van der Waals surface area contributed by atoms with Crippen molar-refractivity contribution in [2.75, 3.05) is 22.4 Å². The molecule has 0 unspecified atom stereocenters. The van der Waals surface area contributed by atoms with E-state index in [-0.39, 0.29) is 17.9 Å². The van der Waals surface area contributed by atoms with E-state index in [1.165, 1.54) is 23.5 Å². The average Bonchev–Trinajstić information content (AvgIpc) is 2.80. The Balaban J connectivity index is 1.69. The molecule has 35 heavy (non-hydrogen) atoms. The Labute approximate surface area is 202 Å². The second-order valence-corrected chi connectivity index (χ2v) is 11.0. The molecule has 188 valence electrons. The first-order valence-electron chi connectivity index (χ1n) is 11.4. The zero-order valence-corrected chi connectivity index (χ0v) is 20.5. The van der Waals surface area contributed by atoms with E-state index in [1.807, 2.05) is 13.8 Å². The fourth-order valence-electron chi connectivity index (χ4n) is 4.63. The van der Waals surface area contributed by atoms with Gasteiger partial charge in [0.2, 0.25) is 15.9 Å². The van der Waals surface area contributed by atoms with Crippen LogP contribution in [0.2, 0.25) is 0 Å². The number of carbonyl (C=O) groups is 1. The van der Waals surface area contributed by atoms with Crippen LogP contribution in [0.1, 0.15) is 49.8 Å². The van der Waals surface area contributed by atoms with Crippen LogP contribution in [0.3, 0.4) is 0 Å². The summed E-state index contributed by atoms with van der Waals surface area (Å²) in [4.78, 5) is 13.1. The number of rotatable bonds is 4. The third kappa shape index (κ3) is 4.76. The average molecular weight is 509 g/mol. The van der Waals surface area contributed by atoms with Crippen LogP contribution >= 0.6 is 0 Å². The van der Waals surface area contributed by atoms with Gasteiger partial charge in [0, 0.05) is 36.4 Å².